The van der Waals surface area contributed by atoms with Crippen molar-refractivity contribution < 1.29 is 4.79 Å². The molecule has 78 valence electrons. The monoisotopic (exact) mass is 194 g/mol. The van der Waals surface area contributed by atoms with E-state index in [0.717, 1.165) is 45.4 Å². The highest BCUT2D eigenvalue weighted by Gasteiger charge is 2.21. The van der Waals surface area contributed by atoms with Crippen LogP contribution in [0.5, 0.6) is 0 Å². The van der Waals surface area contributed by atoms with Gasteiger partial charge in [-0.3, -0.25) is 4.79 Å². The van der Waals surface area contributed by atoms with E-state index in [1.54, 1.807) is 0 Å². The van der Waals surface area contributed by atoms with Crippen LogP contribution in [0.3, 0.4) is 0 Å². The number of carbonyl (C=O) groups is 1. The van der Waals surface area contributed by atoms with E-state index < -0.39 is 0 Å². The standard InChI is InChI=1S/C11H18N2O/c14-11(8-10-4-5-12-9-10)13-6-2-1-3-7-13/h1-2,10,12H,3-9H2. The van der Waals surface area contributed by atoms with Gasteiger partial charge in [-0.1, -0.05) is 12.2 Å². The quantitative estimate of drug-likeness (QED) is 0.659. The summed E-state index contributed by atoms with van der Waals surface area (Å²) in [6.07, 6.45) is 7.17. The molecule has 14 heavy (non-hydrogen) atoms. The molecule has 0 spiro atoms. The van der Waals surface area contributed by atoms with E-state index in [2.05, 4.69) is 17.5 Å². The minimum atomic E-state index is 0.336. The minimum Gasteiger partial charge on any atom is -0.339 e. The van der Waals surface area contributed by atoms with Crippen molar-refractivity contribution in [2.75, 3.05) is 26.2 Å². The molecule has 0 saturated carbocycles. The van der Waals surface area contributed by atoms with Crippen molar-refractivity contribution in [3.05, 3.63) is 12.2 Å². The predicted octanol–water partition coefficient (Wildman–Crippen LogP) is 0.774. The molecule has 1 amide bonds. The van der Waals surface area contributed by atoms with Crippen molar-refractivity contribution >= 4 is 5.91 Å². The lowest BCUT2D eigenvalue weighted by Crippen LogP contribution is -2.35. The lowest BCUT2D eigenvalue weighted by molar-refractivity contribution is -0.131. The van der Waals surface area contributed by atoms with Gasteiger partial charge >= 0.3 is 0 Å². The first-order chi connectivity index (χ1) is 6.86. The Kier molecular flexibility index (Phi) is 3.19. The molecule has 2 aliphatic heterocycles. The van der Waals surface area contributed by atoms with Crippen molar-refractivity contribution in [3.63, 3.8) is 0 Å². The van der Waals surface area contributed by atoms with Crippen molar-refractivity contribution in [2.24, 2.45) is 5.92 Å². The van der Waals surface area contributed by atoms with E-state index in [9.17, 15) is 4.79 Å². The summed E-state index contributed by atoms with van der Waals surface area (Å²) in [6, 6.07) is 0. The zero-order valence-electron chi connectivity index (χ0n) is 8.54. The van der Waals surface area contributed by atoms with Crippen molar-refractivity contribution in [1.82, 2.24) is 10.2 Å². The van der Waals surface area contributed by atoms with Crippen LogP contribution in [0, 0.1) is 5.92 Å². The highest BCUT2D eigenvalue weighted by atomic mass is 16.2. The fraction of sp³-hybridized carbons (Fsp3) is 0.727. The highest BCUT2D eigenvalue weighted by molar-refractivity contribution is 5.76. The second kappa shape index (κ2) is 4.60. The molecule has 1 saturated heterocycles. The summed E-state index contributed by atoms with van der Waals surface area (Å²) in [6.45, 7) is 3.84. The lowest BCUT2D eigenvalue weighted by atomic mass is 10.0. The average Bonchev–Trinajstić information content (AvgIpc) is 2.72. The third-order valence-electron chi connectivity index (χ3n) is 3.04. The molecule has 1 atom stereocenters. The number of nitrogens with zero attached hydrogens (tertiary/aromatic N) is 1. The van der Waals surface area contributed by atoms with E-state index in [1.165, 1.54) is 0 Å². The molecular weight excluding hydrogens is 176 g/mol. The first-order valence-electron chi connectivity index (χ1n) is 5.50. The van der Waals surface area contributed by atoms with Gasteiger partial charge in [0.1, 0.15) is 0 Å². The predicted molar refractivity (Wildman–Crippen MR) is 55.9 cm³/mol. The Labute approximate surface area is 85.2 Å². The normalized spacial score (nSPS) is 26.9. The summed E-state index contributed by atoms with van der Waals surface area (Å²) in [5, 5.41) is 3.30. The summed E-state index contributed by atoms with van der Waals surface area (Å²) in [7, 11) is 0. The topological polar surface area (TPSA) is 32.3 Å². The van der Waals surface area contributed by atoms with E-state index in [0.29, 0.717) is 11.8 Å². The van der Waals surface area contributed by atoms with Gasteiger partial charge in [0.2, 0.25) is 5.91 Å². The first-order valence-corrected chi connectivity index (χ1v) is 5.50. The molecule has 2 heterocycles. The van der Waals surface area contributed by atoms with Gasteiger partial charge < -0.3 is 10.2 Å². The van der Waals surface area contributed by atoms with Crippen LogP contribution in [0.15, 0.2) is 12.2 Å². The summed E-state index contributed by atoms with van der Waals surface area (Å²) >= 11 is 0. The summed E-state index contributed by atoms with van der Waals surface area (Å²) < 4.78 is 0. The Morgan fingerprint density at radius 3 is 3.07 bits per heavy atom. The Morgan fingerprint density at radius 2 is 2.43 bits per heavy atom. The summed E-state index contributed by atoms with van der Waals surface area (Å²) in [5.74, 6) is 0.913. The van der Waals surface area contributed by atoms with Crippen molar-refractivity contribution in [2.45, 2.75) is 19.3 Å². The van der Waals surface area contributed by atoms with Gasteiger partial charge in [-0.2, -0.15) is 0 Å². The second-order valence-electron chi connectivity index (χ2n) is 4.16. The molecule has 1 unspecified atom stereocenters. The largest absolute Gasteiger partial charge is 0.339 e. The molecule has 0 aliphatic carbocycles. The number of nitrogens with one attached hydrogen (secondary N) is 1. The molecular formula is C11H18N2O. The Balaban J connectivity index is 1.79. The van der Waals surface area contributed by atoms with Crippen LogP contribution in [0.2, 0.25) is 0 Å². The number of carbonyl (C=O) groups excluding carboxylic acids is 1. The minimum absolute atomic E-state index is 0.336. The van der Waals surface area contributed by atoms with E-state index in [-0.39, 0.29) is 0 Å². The molecule has 0 aromatic heterocycles. The zero-order valence-corrected chi connectivity index (χ0v) is 8.54. The van der Waals surface area contributed by atoms with Gasteiger partial charge in [-0.15, -0.1) is 0 Å². The fourth-order valence-electron chi connectivity index (χ4n) is 2.13. The summed E-state index contributed by atoms with van der Waals surface area (Å²) in [5.41, 5.74) is 0. The van der Waals surface area contributed by atoms with Crippen LogP contribution in [0.25, 0.3) is 0 Å². The highest BCUT2D eigenvalue weighted by Crippen LogP contribution is 2.14. The Morgan fingerprint density at radius 1 is 1.50 bits per heavy atom. The van der Waals surface area contributed by atoms with Crippen molar-refractivity contribution in [1.29, 1.82) is 0 Å². The number of hydrogen-bond acceptors (Lipinski definition) is 2. The van der Waals surface area contributed by atoms with Gasteiger partial charge in [0.25, 0.3) is 0 Å². The first kappa shape index (κ1) is 9.71. The SMILES string of the molecule is O=C(CC1CCNC1)N1CC=CCC1. The summed E-state index contributed by atoms with van der Waals surface area (Å²) in [4.78, 5) is 13.8. The third kappa shape index (κ3) is 2.35. The number of hydrogen-bond donors (Lipinski definition) is 1. The zero-order chi connectivity index (χ0) is 9.80. The van der Waals surface area contributed by atoms with Crippen LogP contribution >= 0.6 is 0 Å². The smallest absolute Gasteiger partial charge is 0.223 e. The van der Waals surface area contributed by atoms with Crippen LogP contribution in [0.4, 0.5) is 0 Å². The van der Waals surface area contributed by atoms with E-state index >= 15 is 0 Å². The van der Waals surface area contributed by atoms with E-state index in [1.807, 2.05) is 4.90 Å². The van der Waals surface area contributed by atoms with E-state index in [4.69, 9.17) is 0 Å². The third-order valence-corrected chi connectivity index (χ3v) is 3.04. The Bertz CT molecular complexity index is 231. The molecule has 0 bridgehead atoms. The number of rotatable bonds is 2. The maximum atomic E-state index is 11.8. The van der Waals surface area contributed by atoms with Crippen LogP contribution < -0.4 is 5.32 Å². The molecule has 2 aliphatic rings. The van der Waals surface area contributed by atoms with Crippen molar-refractivity contribution in [3.8, 4) is 0 Å². The fourth-order valence-corrected chi connectivity index (χ4v) is 2.13. The molecule has 2 rings (SSSR count). The molecule has 3 nitrogen and oxygen atoms in total. The van der Waals surface area contributed by atoms with Gasteiger partial charge in [-0.25, -0.2) is 0 Å². The molecule has 1 fully saturated rings. The van der Waals surface area contributed by atoms with Crippen LogP contribution in [-0.4, -0.2) is 37.0 Å². The van der Waals surface area contributed by atoms with Gasteiger partial charge in [-0.05, 0) is 31.8 Å². The molecule has 0 radical (unpaired) electrons. The van der Waals surface area contributed by atoms with Gasteiger partial charge in [0.05, 0.1) is 0 Å². The molecule has 1 N–H and O–H groups in total. The van der Waals surface area contributed by atoms with Crippen LogP contribution in [0.1, 0.15) is 19.3 Å². The maximum Gasteiger partial charge on any atom is 0.223 e. The number of amides is 1. The maximum absolute atomic E-state index is 11.8. The van der Waals surface area contributed by atoms with Gasteiger partial charge in [0, 0.05) is 19.5 Å². The Hall–Kier alpha value is -0.830. The molecule has 3 heteroatoms. The molecule has 0 aromatic carbocycles. The second-order valence-corrected chi connectivity index (χ2v) is 4.16. The lowest BCUT2D eigenvalue weighted by Gasteiger charge is -2.24. The van der Waals surface area contributed by atoms with Gasteiger partial charge in [0.15, 0.2) is 0 Å². The average molecular weight is 194 g/mol. The van der Waals surface area contributed by atoms with Crippen LogP contribution in [-0.2, 0) is 4.79 Å². The molecule has 0 aromatic rings.